The molecule has 130 valence electrons. The number of aryl methyl sites for hydroxylation is 1. The largest absolute Gasteiger partial charge is 0.497 e. The molecule has 0 aliphatic carbocycles. The minimum absolute atomic E-state index is 0.736. The molecule has 6 heteroatoms. The summed E-state index contributed by atoms with van der Waals surface area (Å²) in [6, 6.07) is 13.5. The van der Waals surface area contributed by atoms with Gasteiger partial charge in [0.15, 0.2) is 5.13 Å². The fourth-order valence-corrected chi connectivity index (χ4v) is 3.34. The number of hydrogen-bond acceptors (Lipinski definition) is 6. The average molecular weight is 356 g/mol. The van der Waals surface area contributed by atoms with Crippen LogP contribution < -0.4 is 19.5 Å². The van der Waals surface area contributed by atoms with E-state index in [4.69, 9.17) is 19.2 Å². The second kappa shape index (κ2) is 7.44. The quantitative estimate of drug-likeness (QED) is 0.682. The zero-order chi connectivity index (χ0) is 17.8. The molecule has 0 saturated heterocycles. The van der Waals surface area contributed by atoms with Crippen molar-refractivity contribution in [1.82, 2.24) is 4.98 Å². The summed E-state index contributed by atoms with van der Waals surface area (Å²) in [5.41, 5.74) is 2.83. The van der Waals surface area contributed by atoms with Gasteiger partial charge in [-0.15, -0.1) is 11.3 Å². The summed E-state index contributed by atoms with van der Waals surface area (Å²) >= 11 is 1.60. The molecular formula is C19H20N2O3S. The monoisotopic (exact) mass is 356 g/mol. The van der Waals surface area contributed by atoms with E-state index in [1.165, 1.54) is 0 Å². The number of thiazole rings is 1. The first-order valence-corrected chi connectivity index (χ1v) is 8.57. The topological polar surface area (TPSA) is 52.6 Å². The van der Waals surface area contributed by atoms with Gasteiger partial charge < -0.3 is 19.5 Å². The number of hydrogen-bond donors (Lipinski definition) is 1. The van der Waals surface area contributed by atoms with E-state index in [1.54, 1.807) is 32.7 Å². The Bertz CT molecular complexity index is 860. The molecule has 3 aromatic rings. The fourth-order valence-electron chi connectivity index (χ4n) is 2.49. The molecule has 0 unspecified atom stereocenters. The van der Waals surface area contributed by atoms with Gasteiger partial charge in [-0.25, -0.2) is 4.98 Å². The molecular weight excluding hydrogens is 336 g/mol. The van der Waals surface area contributed by atoms with Crippen molar-refractivity contribution < 1.29 is 14.2 Å². The van der Waals surface area contributed by atoms with Crippen LogP contribution in [0.4, 0.5) is 10.8 Å². The Hall–Kier alpha value is -2.73. The van der Waals surface area contributed by atoms with E-state index < -0.39 is 0 Å². The number of nitrogens with one attached hydrogen (secondary N) is 1. The Balaban J connectivity index is 1.90. The Morgan fingerprint density at radius 2 is 1.56 bits per heavy atom. The van der Waals surface area contributed by atoms with Crippen LogP contribution in [0, 0.1) is 6.92 Å². The summed E-state index contributed by atoms with van der Waals surface area (Å²) in [7, 11) is 4.94. The lowest BCUT2D eigenvalue weighted by Gasteiger charge is -2.10. The van der Waals surface area contributed by atoms with Gasteiger partial charge in [0.25, 0.3) is 0 Å². The molecule has 25 heavy (non-hydrogen) atoms. The molecule has 0 aliphatic rings. The smallest absolute Gasteiger partial charge is 0.188 e. The Morgan fingerprint density at radius 3 is 2.20 bits per heavy atom. The zero-order valence-corrected chi connectivity index (χ0v) is 15.4. The molecule has 0 atom stereocenters. The maximum Gasteiger partial charge on any atom is 0.188 e. The van der Waals surface area contributed by atoms with E-state index >= 15 is 0 Å². The van der Waals surface area contributed by atoms with Crippen molar-refractivity contribution in [1.29, 1.82) is 0 Å². The predicted octanol–water partition coefficient (Wildman–Crippen LogP) is 4.89. The summed E-state index contributed by atoms with van der Waals surface area (Å²) in [6.07, 6.45) is 0. The first-order chi connectivity index (χ1) is 12.1. The molecule has 0 fully saturated rings. The summed E-state index contributed by atoms with van der Waals surface area (Å²) in [4.78, 5) is 5.87. The zero-order valence-electron chi connectivity index (χ0n) is 14.6. The molecule has 1 heterocycles. The molecule has 0 radical (unpaired) electrons. The second-order valence-electron chi connectivity index (χ2n) is 5.34. The van der Waals surface area contributed by atoms with E-state index in [-0.39, 0.29) is 0 Å². The van der Waals surface area contributed by atoms with Gasteiger partial charge in [0.05, 0.1) is 32.7 Å². The first-order valence-electron chi connectivity index (χ1n) is 7.75. The van der Waals surface area contributed by atoms with Gasteiger partial charge in [0, 0.05) is 16.5 Å². The molecule has 0 amide bonds. The molecule has 0 bridgehead atoms. The van der Waals surface area contributed by atoms with Gasteiger partial charge in [0.2, 0.25) is 0 Å². The summed E-state index contributed by atoms with van der Waals surface area (Å²) in [5.74, 6) is 2.32. The first kappa shape index (κ1) is 17.1. The van der Waals surface area contributed by atoms with Crippen LogP contribution in [0.1, 0.15) is 4.88 Å². The van der Waals surface area contributed by atoms with Crippen molar-refractivity contribution in [3.05, 3.63) is 47.3 Å². The highest BCUT2D eigenvalue weighted by Crippen LogP contribution is 2.36. The van der Waals surface area contributed by atoms with E-state index in [0.29, 0.717) is 0 Å². The van der Waals surface area contributed by atoms with Gasteiger partial charge in [-0.05, 0) is 43.3 Å². The highest BCUT2D eigenvalue weighted by Gasteiger charge is 2.12. The van der Waals surface area contributed by atoms with Gasteiger partial charge >= 0.3 is 0 Å². The predicted molar refractivity (Wildman–Crippen MR) is 102 cm³/mol. The average Bonchev–Trinajstić information content (AvgIpc) is 3.01. The van der Waals surface area contributed by atoms with Crippen molar-refractivity contribution in [2.45, 2.75) is 6.92 Å². The van der Waals surface area contributed by atoms with Gasteiger partial charge in [-0.2, -0.15) is 0 Å². The Kier molecular flexibility index (Phi) is 5.09. The van der Waals surface area contributed by atoms with Crippen LogP contribution in [-0.2, 0) is 0 Å². The van der Waals surface area contributed by atoms with Crippen LogP contribution in [0.15, 0.2) is 42.5 Å². The minimum Gasteiger partial charge on any atom is -0.497 e. The van der Waals surface area contributed by atoms with Crippen molar-refractivity contribution in [3.63, 3.8) is 0 Å². The lowest BCUT2D eigenvalue weighted by Crippen LogP contribution is -1.95. The number of rotatable bonds is 6. The third kappa shape index (κ3) is 3.69. The van der Waals surface area contributed by atoms with Crippen molar-refractivity contribution in [2.75, 3.05) is 26.6 Å². The van der Waals surface area contributed by atoms with Crippen molar-refractivity contribution in [3.8, 4) is 28.5 Å². The molecule has 0 saturated carbocycles. The highest BCUT2D eigenvalue weighted by atomic mass is 32.1. The normalized spacial score (nSPS) is 10.4. The lowest BCUT2D eigenvalue weighted by atomic mass is 10.1. The van der Waals surface area contributed by atoms with Crippen LogP contribution in [0.25, 0.3) is 11.3 Å². The molecule has 0 aliphatic heterocycles. The van der Waals surface area contributed by atoms with Gasteiger partial charge in [-0.3, -0.25) is 0 Å². The number of benzene rings is 2. The van der Waals surface area contributed by atoms with Crippen LogP contribution in [0.3, 0.4) is 0 Å². The molecule has 5 nitrogen and oxygen atoms in total. The third-order valence-corrected chi connectivity index (χ3v) is 4.69. The minimum atomic E-state index is 0.736. The molecule has 1 N–H and O–H groups in total. The molecule has 0 spiro atoms. The SMILES string of the molecule is COc1ccc(-c2nc(Nc3cc(OC)ccc3OC)sc2C)cc1. The van der Waals surface area contributed by atoms with Gasteiger partial charge in [0.1, 0.15) is 17.2 Å². The number of methoxy groups -OCH3 is 3. The van der Waals surface area contributed by atoms with E-state index in [0.717, 1.165) is 44.2 Å². The van der Waals surface area contributed by atoms with E-state index in [9.17, 15) is 0 Å². The van der Waals surface area contributed by atoms with Gasteiger partial charge in [-0.1, -0.05) is 0 Å². The molecule has 2 aromatic carbocycles. The summed E-state index contributed by atoms with van der Waals surface area (Å²) in [6.45, 7) is 2.06. The molecule has 1 aromatic heterocycles. The second-order valence-corrected chi connectivity index (χ2v) is 6.55. The maximum atomic E-state index is 5.41. The number of ether oxygens (including phenoxy) is 3. The third-order valence-electron chi connectivity index (χ3n) is 3.81. The van der Waals surface area contributed by atoms with Crippen molar-refractivity contribution in [2.24, 2.45) is 0 Å². The van der Waals surface area contributed by atoms with Crippen LogP contribution in [0.5, 0.6) is 17.2 Å². The number of aromatic nitrogens is 1. The standard InChI is InChI=1S/C19H20N2O3S/c1-12-18(13-5-7-14(22-2)8-6-13)21-19(25-12)20-16-11-15(23-3)9-10-17(16)24-4/h5-11H,1-4H3,(H,20,21). The fraction of sp³-hybridized carbons (Fsp3) is 0.211. The van der Waals surface area contributed by atoms with E-state index in [1.807, 2.05) is 42.5 Å². The summed E-state index contributed by atoms with van der Waals surface area (Å²) in [5, 5.41) is 4.13. The molecule has 3 rings (SSSR count). The van der Waals surface area contributed by atoms with Crippen molar-refractivity contribution >= 4 is 22.2 Å². The highest BCUT2D eigenvalue weighted by molar-refractivity contribution is 7.16. The van der Waals surface area contributed by atoms with E-state index in [2.05, 4.69) is 12.2 Å². The number of anilines is 2. The Labute approximate surface area is 151 Å². The van der Waals surface area contributed by atoms with Crippen LogP contribution in [0.2, 0.25) is 0 Å². The lowest BCUT2D eigenvalue weighted by molar-refractivity contribution is 0.405. The maximum absolute atomic E-state index is 5.41. The van der Waals surface area contributed by atoms with Crippen LogP contribution >= 0.6 is 11.3 Å². The number of nitrogens with zero attached hydrogens (tertiary/aromatic N) is 1. The summed E-state index contributed by atoms with van der Waals surface area (Å²) < 4.78 is 15.9. The van der Waals surface area contributed by atoms with Crippen LogP contribution in [-0.4, -0.2) is 26.3 Å². The Morgan fingerprint density at radius 1 is 0.880 bits per heavy atom.